The number of rotatable bonds is 7. The number of hydrogen-bond donors (Lipinski definition) is 1. The van der Waals surface area contributed by atoms with Crippen LogP contribution >= 0.6 is 0 Å². The van der Waals surface area contributed by atoms with Gasteiger partial charge >= 0.3 is 18.4 Å². The van der Waals surface area contributed by atoms with E-state index in [9.17, 15) is 18.4 Å². The van der Waals surface area contributed by atoms with Crippen LogP contribution in [0.3, 0.4) is 0 Å². The van der Waals surface area contributed by atoms with Gasteiger partial charge in [0.1, 0.15) is 0 Å². The van der Waals surface area contributed by atoms with Crippen molar-refractivity contribution < 1.29 is 32.4 Å². The van der Waals surface area contributed by atoms with E-state index in [1.165, 1.54) is 25.3 Å². The predicted molar refractivity (Wildman–Crippen MR) is 106 cm³/mol. The number of nitrogens with one attached hydrogen (secondary N) is 1. The second-order valence-electron chi connectivity index (χ2n) is 7.57. The number of aromatic nitrogens is 2. The van der Waals surface area contributed by atoms with Crippen molar-refractivity contribution >= 4 is 11.8 Å². The van der Waals surface area contributed by atoms with Crippen LogP contribution in [0.4, 0.5) is 8.78 Å². The summed E-state index contributed by atoms with van der Waals surface area (Å²) < 4.78 is 39.8. The average molecular weight is 451 g/mol. The number of carbonyl (C=O) groups is 2. The van der Waals surface area contributed by atoms with Gasteiger partial charge in [-0.05, 0) is 31.0 Å². The van der Waals surface area contributed by atoms with Crippen molar-refractivity contribution in [3.8, 4) is 22.9 Å². The number of methoxy groups -OCH3 is 1. The van der Waals surface area contributed by atoms with E-state index in [2.05, 4.69) is 20.2 Å². The van der Waals surface area contributed by atoms with Gasteiger partial charge in [-0.15, -0.1) is 0 Å². The Morgan fingerprint density at radius 1 is 1.22 bits per heavy atom. The van der Waals surface area contributed by atoms with E-state index in [4.69, 9.17) is 9.26 Å². The van der Waals surface area contributed by atoms with Crippen molar-refractivity contribution in [2.24, 2.45) is 0 Å². The van der Waals surface area contributed by atoms with Crippen LogP contribution in [0.15, 0.2) is 22.7 Å². The topological polar surface area (TPSA) is 110 Å². The zero-order valence-corrected chi connectivity index (χ0v) is 17.4. The molecule has 12 heteroatoms. The lowest BCUT2D eigenvalue weighted by Crippen LogP contribution is -2.52. The molecule has 1 saturated carbocycles. The molecule has 1 aliphatic carbocycles. The Bertz CT molecular complexity index is 973. The predicted octanol–water partition coefficient (Wildman–Crippen LogP) is 1.27. The number of benzene rings is 1. The summed E-state index contributed by atoms with van der Waals surface area (Å²) >= 11 is 0. The molecule has 0 atom stereocenters. The SMILES string of the molecule is COc1cc(-c2noc(CN3CCN(C(=O)C(=O)NC4CC4)CC3)n2)ccc1OC(F)F. The standard InChI is InChI=1S/C20H23F2N5O5/c1-30-15-10-12(2-5-14(15)31-20(21)22)17-24-16(32-25-17)11-26-6-8-27(9-7-26)19(29)18(28)23-13-3-4-13/h2,5,10,13,20H,3-4,6-9,11H2,1H3,(H,23,28). The minimum atomic E-state index is -2.96. The number of carbonyl (C=O) groups excluding carboxylic acids is 2. The number of nitrogens with zero attached hydrogens (tertiary/aromatic N) is 4. The van der Waals surface area contributed by atoms with Crippen LogP contribution in [-0.2, 0) is 16.1 Å². The molecular weight excluding hydrogens is 428 g/mol. The molecule has 4 rings (SSSR count). The smallest absolute Gasteiger partial charge is 0.387 e. The Morgan fingerprint density at radius 2 is 1.97 bits per heavy atom. The Balaban J connectivity index is 1.32. The fourth-order valence-corrected chi connectivity index (χ4v) is 3.36. The second kappa shape index (κ2) is 9.47. The van der Waals surface area contributed by atoms with Crippen LogP contribution < -0.4 is 14.8 Å². The molecule has 0 spiro atoms. The third kappa shape index (κ3) is 5.31. The van der Waals surface area contributed by atoms with Crippen LogP contribution in [0, 0.1) is 0 Å². The minimum absolute atomic E-state index is 0.0896. The van der Waals surface area contributed by atoms with E-state index >= 15 is 0 Å². The van der Waals surface area contributed by atoms with Crippen LogP contribution in [0.5, 0.6) is 11.5 Å². The lowest BCUT2D eigenvalue weighted by atomic mass is 10.2. The van der Waals surface area contributed by atoms with Gasteiger partial charge in [0, 0.05) is 37.8 Å². The Kier molecular flexibility index (Phi) is 6.49. The van der Waals surface area contributed by atoms with Crippen LogP contribution in [0.25, 0.3) is 11.4 Å². The quantitative estimate of drug-likeness (QED) is 0.627. The highest BCUT2D eigenvalue weighted by Gasteiger charge is 2.31. The molecular formula is C20H23F2N5O5. The van der Waals surface area contributed by atoms with Crippen molar-refractivity contribution in [1.29, 1.82) is 0 Å². The Hall–Kier alpha value is -3.28. The lowest BCUT2D eigenvalue weighted by Gasteiger charge is -2.33. The van der Waals surface area contributed by atoms with Gasteiger partial charge in [-0.25, -0.2) is 0 Å². The molecule has 172 valence electrons. The summed E-state index contributed by atoms with van der Waals surface area (Å²) in [5, 5.41) is 6.65. The molecule has 2 aromatic rings. The fraction of sp³-hybridized carbons (Fsp3) is 0.500. The number of ether oxygens (including phenoxy) is 2. The first kappa shape index (κ1) is 21.9. The molecule has 2 fully saturated rings. The molecule has 2 aliphatic rings. The fourth-order valence-electron chi connectivity index (χ4n) is 3.36. The van der Waals surface area contributed by atoms with Crippen LogP contribution in [0.2, 0.25) is 0 Å². The summed E-state index contributed by atoms with van der Waals surface area (Å²) in [6.07, 6.45) is 1.86. The molecule has 1 aromatic carbocycles. The van der Waals surface area contributed by atoms with Crippen molar-refractivity contribution in [1.82, 2.24) is 25.3 Å². The van der Waals surface area contributed by atoms with Crippen molar-refractivity contribution in [3.63, 3.8) is 0 Å². The molecule has 0 unspecified atom stereocenters. The van der Waals surface area contributed by atoms with Gasteiger partial charge in [0.25, 0.3) is 0 Å². The number of halogens is 2. The Morgan fingerprint density at radius 3 is 2.62 bits per heavy atom. The summed E-state index contributed by atoms with van der Waals surface area (Å²) in [4.78, 5) is 32.1. The summed E-state index contributed by atoms with van der Waals surface area (Å²) in [5.41, 5.74) is 0.524. The summed E-state index contributed by atoms with van der Waals surface area (Å²) in [5.74, 6) is -0.341. The van der Waals surface area contributed by atoms with Gasteiger partial charge in [0.2, 0.25) is 11.7 Å². The maximum absolute atomic E-state index is 12.5. The van der Waals surface area contributed by atoms with Crippen molar-refractivity contribution in [2.45, 2.75) is 32.0 Å². The Labute approximate surface area is 182 Å². The van der Waals surface area contributed by atoms with Crippen LogP contribution in [-0.4, -0.2) is 77.7 Å². The van der Waals surface area contributed by atoms with Crippen molar-refractivity contribution in [2.75, 3.05) is 33.3 Å². The van der Waals surface area contributed by atoms with E-state index in [0.717, 1.165) is 12.8 Å². The first-order chi connectivity index (χ1) is 15.4. The summed E-state index contributed by atoms with van der Waals surface area (Å²) in [6.45, 7) is -0.592. The molecule has 0 radical (unpaired) electrons. The van der Waals surface area contributed by atoms with E-state index in [1.54, 1.807) is 4.90 Å². The van der Waals surface area contributed by atoms with Gasteiger partial charge in [-0.1, -0.05) is 5.16 Å². The second-order valence-corrected chi connectivity index (χ2v) is 7.57. The monoisotopic (exact) mass is 451 g/mol. The third-order valence-corrected chi connectivity index (χ3v) is 5.23. The van der Waals surface area contributed by atoms with E-state index in [1.807, 2.05) is 4.90 Å². The first-order valence-corrected chi connectivity index (χ1v) is 10.2. The molecule has 1 aromatic heterocycles. The van der Waals surface area contributed by atoms with Crippen LogP contribution in [0.1, 0.15) is 18.7 Å². The highest BCUT2D eigenvalue weighted by atomic mass is 19.3. The summed E-state index contributed by atoms with van der Waals surface area (Å²) in [7, 11) is 1.35. The molecule has 0 bridgehead atoms. The minimum Gasteiger partial charge on any atom is -0.493 e. The van der Waals surface area contributed by atoms with E-state index in [-0.39, 0.29) is 23.4 Å². The zero-order chi connectivity index (χ0) is 22.7. The summed E-state index contributed by atoms with van der Waals surface area (Å²) in [6, 6.07) is 4.52. The van der Waals surface area contributed by atoms with Gasteiger partial charge in [0.05, 0.1) is 13.7 Å². The maximum atomic E-state index is 12.5. The molecule has 1 aliphatic heterocycles. The van der Waals surface area contributed by atoms with E-state index < -0.39 is 18.4 Å². The molecule has 2 amide bonds. The van der Waals surface area contributed by atoms with Crippen molar-refractivity contribution in [3.05, 3.63) is 24.1 Å². The maximum Gasteiger partial charge on any atom is 0.387 e. The number of piperazine rings is 1. The number of hydrogen-bond acceptors (Lipinski definition) is 8. The van der Waals surface area contributed by atoms with Gasteiger partial charge in [-0.2, -0.15) is 13.8 Å². The van der Waals surface area contributed by atoms with Gasteiger partial charge in [0.15, 0.2) is 11.5 Å². The van der Waals surface area contributed by atoms with Gasteiger partial charge in [-0.3, -0.25) is 14.5 Å². The number of amides is 2. The average Bonchev–Trinajstić information content (AvgIpc) is 3.48. The highest BCUT2D eigenvalue weighted by molar-refractivity contribution is 6.35. The number of alkyl halides is 2. The molecule has 1 N–H and O–H groups in total. The molecule has 10 nitrogen and oxygen atoms in total. The molecule has 32 heavy (non-hydrogen) atoms. The lowest BCUT2D eigenvalue weighted by molar-refractivity contribution is -0.147. The normalized spacial score (nSPS) is 16.8. The largest absolute Gasteiger partial charge is 0.493 e. The third-order valence-electron chi connectivity index (χ3n) is 5.23. The first-order valence-electron chi connectivity index (χ1n) is 10.2. The molecule has 1 saturated heterocycles. The van der Waals surface area contributed by atoms with E-state index in [0.29, 0.717) is 44.2 Å². The van der Waals surface area contributed by atoms with Gasteiger partial charge < -0.3 is 24.2 Å². The zero-order valence-electron chi connectivity index (χ0n) is 17.4. The molecule has 2 heterocycles. The highest BCUT2D eigenvalue weighted by Crippen LogP contribution is 2.32.